The zero-order valence-electron chi connectivity index (χ0n) is 15.9. The topological polar surface area (TPSA) is 109 Å². The zero-order valence-corrected chi connectivity index (χ0v) is 18.2. The number of guanidine groups is 1. The minimum atomic E-state index is -0.176. The predicted molar refractivity (Wildman–Crippen MR) is 113 cm³/mol. The highest BCUT2D eigenvalue weighted by molar-refractivity contribution is 14.0. The Morgan fingerprint density at radius 3 is 2.81 bits per heavy atom. The summed E-state index contributed by atoms with van der Waals surface area (Å²) in [6.07, 6.45) is 2.93. The highest BCUT2D eigenvalue weighted by atomic mass is 127. The van der Waals surface area contributed by atoms with Crippen molar-refractivity contribution in [2.45, 2.75) is 39.7 Å². The van der Waals surface area contributed by atoms with Crippen LogP contribution in [-0.4, -0.2) is 55.0 Å². The summed E-state index contributed by atoms with van der Waals surface area (Å²) in [5.41, 5.74) is 6.33. The summed E-state index contributed by atoms with van der Waals surface area (Å²) in [5.74, 6) is 2.05. The van der Waals surface area contributed by atoms with Gasteiger partial charge in [-0.1, -0.05) is 0 Å². The first-order chi connectivity index (χ1) is 12.0. The number of nitrogens with two attached hydrogens (primary N) is 1. The van der Waals surface area contributed by atoms with Crippen LogP contribution in [0, 0.1) is 19.8 Å². The monoisotopic (exact) mass is 478 g/mol. The molecule has 1 saturated heterocycles. The Kier molecular flexibility index (Phi) is 9.92. The van der Waals surface area contributed by atoms with Crippen molar-refractivity contribution in [3.63, 3.8) is 0 Å². The molecular formula is C17H31IN6O2. The average Bonchev–Trinajstić information content (AvgIpc) is 2.92. The maximum Gasteiger partial charge on any atom is 0.221 e. The van der Waals surface area contributed by atoms with Crippen LogP contribution in [0.15, 0.2) is 9.41 Å². The van der Waals surface area contributed by atoms with Gasteiger partial charge in [0.2, 0.25) is 11.8 Å². The number of primary amides is 1. The van der Waals surface area contributed by atoms with Gasteiger partial charge in [-0.15, -0.1) is 24.0 Å². The molecular weight excluding hydrogens is 447 g/mol. The van der Waals surface area contributed by atoms with Crippen molar-refractivity contribution in [1.82, 2.24) is 20.5 Å². The van der Waals surface area contributed by atoms with Crippen molar-refractivity contribution in [3.05, 3.63) is 17.3 Å². The van der Waals surface area contributed by atoms with E-state index < -0.39 is 0 Å². The van der Waals surface area contributed by atoms with Crippen LogP contribution in [0.5, 0.6) is 0 Å². The van der Waals surface area contributed by atoms with Crippen molar-refractivity contribution in [1.29, 1.82) is 0 Å². The number of hydrogen-bond acceptors (Lipinski definition) is 5. The standard InChI is InChI=1S/C17H30N6O2.HI/c1-12-13(2)25-15(22-12)10-21-17(19-3)20-7-5-9-23-8-4-6-14(11-23)16(18)24;/h14H,4-11H2,1-3H3,(H2,18,24)(H2,19,20,21);1H. The van der Waals surface area contributed by atoms with E-state index in [0.29, 0.717) is 12.4 Å². The van der Waals surface area contributed by atoms with Gasteiger partial charge >= 0.3 is 0 Å². The van der Waals surface area contributed by atoms with Gasteiger partial charge in [-0.05, 0) is 46.2 Å². The van der Waals surface area contributed by atoms with Gasteiger partial charge in [-0.2, -0.15) is 0 Å². The van der Waals surface area contributed by atoms with Crippen molar-refractivity contribution in [2.24, 2.45) is 16.6 Å². The SMILES string of the molecule is CN=C(NCCCN1CCCC(C(N)=O)C1)NCc1nc(C)c(C)o1.I. The summed E-state index contributed by atoms with van der Waals surface area (Å²) in [6.45, 7) is 7.92. The maximum absolute atomic E-state index is 11.3. The van der Waals surface area contributed by atoms with Crippen molar-refractivity contribution < 1.29 is 9.21 Å². The number of amides is 1. The normalized spacial score (nSPS) is 18.3. The average molecular weight is 478 g/mol. The van der Waals surface area contributed by atoms with E-state index in [1.165, 1.54) is 0 Å². The first-order valence-corrected chi connectivity index (χ1v) is 8.88. The van der Waals surface area contributed by atoms with Crippen LogP contribution in [0.3, 0.4) is 0 Å². The van der Waals surface area contributed by atoms with E-state index in [2.05, 4.69) is 25.5 Å². The number of halogens is 1. The summed E-state index contributed by atoms with van der Waals surface area (Å²) < 4.78 is 5.54. The summed E-state index contributed by atoms with van der Waals surface area (Å²) in [5, 5.41) is 6.48. The molecule has 1 fully saturated rings. The third-order valence-electron chi connectivity index (χ3n) is 4.55. The number of nitrogens with one attached hydrogen (secondary N) is 2. The van der Waals surface area contributed by atoms with Crippen LogP contribution in [0.2, 0.25) is 0 Å². The van der Waals surface area contributed by atoms with Gasteiger partial charge in [0.25, 0.3) is 0 Å². The largest absolute Gasteiger partial charge is 0.444 e. The van der Waals surface area contributed by atoms with E-state index in [4.69, 9.17) is 10.2 Å². The number of rotatable bonds is 7. The number of oxazole rings is 1. The molecule has 1 aromatic heterocycles. The van der Waals surface area contributed by atoms with Crippen molar-refractivity contribution in [3.8, 4) is 0 Å². The first-order valence-electron chi connectivity index (χ1n) is 8.88. The summed E-state index contributed by atoms with van der Waals surface area (Å²) >= 11 is 0. The third kappa shape index (κ3) is 7.10. The number of nitrogens with zero attached hydrogens (tertiary/aromatic N) is 3. The Morgan fingerprint density at radius 1 is 1.42 bits per heavy atom. The Morgan fingerprint density at radius 2 is 2.19 bits per heavy atom. The molecule has 0 saturated carbocycles. The van der Waals surface area contributed by atoms with Gasteiger partial charge in [-0.25, -0.2) is 4.98 Å². The molecule has 148 valence electrons. The molecule has 4 N–H and O–H groups in total. The van der Waals surface area contributed by atoms with Crippen LogP contribution >= 0.6 is 24.0 Å². The van der Waals surface area contributed by atoms with E-state index in [1.807, 2.05) is 13.8 Å². The number of aliphatic imine (C=N–C) groups is 1. The lowest BCUT2D eigenvalue weighted by atomic mass is 9.97. The molecule has 1 atom stereocenters. The molecule has 0 bridgehead atoms. The summed E-state index contributed by atoms with van der Waals surface area (Å²) in [7, 11) is 1.74. The van der Waals surface area contributed by atoms with Crippen LogP contribution in [0.4, 0.5) is 0 Å². The molecule has 0 radical (unpaired) electrons. The lowest BCUT2D eigenvalue weighted by molar-refractivity contribution is -0.123. The molecule has 26 heavy (non-hydrogen) atoms. The van der Waals surface area contributed by atoms with Gasteiger partial charge in [-0.3, -0.25) is 9.79 Å². The zero-order chi connectivity index (χ0) is 18.2. The number of carbonyl (C=O) groups excluding carboxylic acids is 1. The van der Waals surface area contributed by atoms with Crippen LogP contribution in [-0.2, 0) is 11.3 Å². The molecule has 2 rings (SSSR count). The number of aryl methyl sites for hydroxylation is 2. The molecule has 0 aromatic carbocycles. The Labute approximate surface area is 172 Å². The van der Waals surface area contributed by atoms with E-state index in [0.717, 1.165) is 62.9 Å². The van der Waals surface area contributed by atoms with E-state index >= 15 is 0 Å². The first kappa shape index (κ1) is 22.7. The molecule has 0 aliphatic carbocycles. The fourth-order valence-electron chi connectivity index (χ4n) is 3.00. The number of carbonyl (C=O) groups is 1. The number of hydrogen-bond donors (Lipinski definition) is 3. The molecule has 8 nitrogen and oxygen atoms in total. The summed E-state index contributed by atoms with van der Waals surface area (Å²) in [4.78, 5) is 22.2. The Bertz CT molecular complexity index is 585. The second kappa shape index (κ2) is 11.4. The predicted octanol–water partition coefficient (Wildman–Crippen LogP) is 1.16. The van der Waals surface area contributed by atoms with Gasteiger partial charge < -0.3 is 25.7 Å². The van der Waals surface area contributed by atoms with Gasteiger partial charge in [0.15, 0.2) is 5.96 Å². The fraction of sp³-hybridized carbons (Fsp3) is 0.706. The van der Waals surface area contributed by atoms with E-state index in [1.54, 1.807) is 7.05 Å². The maximum atomic E-state index is 11.3. The molecule has 9 heteroatoms. The highest BCUT2D eigenvalue weighted by Crippen LogP contribution is 2.15. The van der Waals surface area contributed by atoms with Gasteiger partial charge in [0.05, 0.1) is 18.2 Å². The molecule has 1 aliphatic heterocycles. The minimum Gasteiger partial charge on any atom is -0.444 e. The number of likely N-dealkylation sites (tertiary alicyclic amines) is 1. The Balaban J connectivity index is 0.00000338. The highest BCUT2D eigenvalue weighted by Gasteiger charge is 2.23. The fourth-order valence-corrected chi connectivity index (χ4v) is 3.00. The Hall–Kier alpha value is -1.36. The quantitative estimate of drug-likeness (QED) is 0.235. The molecule has 1 amide bonds. The lowest BCUT2D eigenvalue weighted by Crippen LogP contribution is -2.42. The molecule has 1 aliphatic rings. The smallest absolute Gasteiger partial charge is 0.221 e. The number of piperidine rings is 1. The van der Waals surface area contributed by atoms with Gasteiger partial charge in [0, 0.05) is 20.1 Å². The van der Waals surface area contributed by atoms with Crippen molar-refractivity contribution >= 4 is 35.8 Å². The van der Waals surface area contributed by atoms with Gasteiger partial charge in [0.1, 0.15) is 5.76 Å². The van der Waals surface area contributed by atoms with E-state index in [-0.39, 0.29) is 35.8 Å². The second-order valence-corrected chi connectivity index (χ2v) is 6.50. The second-order valence-electron chi connectivity index (χ2n) is 6.50. The van der Waals surface area contributed by atoms with Crippen LogP contribution in [0.25, 0.3) is 0 Å². The molecule has 2 heterocycles. The lowest BCUT2D eigenvalue weighted by Gasteiger charge is -2.31. The third-order valence-corrected chi connectivity index (χ3v) is 4.55. The summed E-state index contributed by atoms with van der Waals surface area (Å²) in [6, 6.07) is 0. The van der Waals surface area contributed by atoms with Crippen LogP contribution < -0.4 is 16.4 Å². The molecule has 1 unspecified atom stereocenters. The van der Waals surface area contributed by atoms with Crippen LogP contribution in [0.1, 0.15) is 36.6 Å². The molecule has 0 spiro atoms. The minimum absolute atomic E-state index is 0. The number of aromatic nitrogens is 1. The molecule has 1 aromatic rings. The van der Waals surface area contributed by atoms with E-state index in [9.17, 15) is 4.79 Å². The van der Waals surface area contributed by atoms with Crippen molar-refractivity contribution in [2.75, 3.05) is 33.2 Å².